The average molecular weight is 398 g/mol. The van der Waals surface area contributed by atoms with Gasteiger partial charge in [-0.1, -0.05) is 24.3 Å². The number of nitrogens with zero attached hydrogens (tertiary/aromatic N) is 1. The third-order valence-electron chi connectivity index (χ3n) is 4.40. The summed E-state index contributed by atoms with van der Waals surface area (Å²) >= 11 is 0. The zero-order valence-corrected chi connectivity index (χ0v) is 16.6. The Morgan fingerprint density at radius 3 is 2.10 bits per heavy atom. The van der Waals surface area contributed by atoms with Gasteiger partial charge in [-0.2, -0.15) is 0 Å². The Morgan fingerprint density at radius 2 is 1.59 bits per heavy atom. The SMILES string of the molecule is CC(C)(C)OC(=O)N[C@H](Cc1ccc(F)cc1)CN1C(=O)c2ccccc2C1=O. The number of carbonyl (C=O) groups excluding carboxylic acids is 3. The molecule has 1 N–H and O–H groups in total. The topological polar surface area (TPSA) is 75.7 Å². The van der Waals surface area contributed by atoms with Crippen molar-refractivity contribution in [3.05, 3.63) is 71.0 Å². The Hall–Kier alpha value is -3.22. The predicted molar refractivity (Wildman–Crippen MR) is 105 cm³/mol. The molecule has 3 rings (SSSR count). The van der Waals surface area contributed by atoms with Crippen LogP contribution in [0.1, 0.15) is 47.1 Å². The number of fused-ring (bicyclic) bond motifs is 1. The maximum absolute atomic E-state index is 13.2. The molecule has 0 saturated carbocycles. The third-order valence-corrected chi connectivity index (χ3v) is 4.40. The lowest BCUT2D eigenvalue weighted by Crippen LogP contribution is -2.48. The molecule has 0 saturated heterocycles. The Kier molecular flexibility index (Phi) is 5.68. The van der Waals surface area contributed by atoms with Gasteiger partial charge in [0.15, 0.2) is 0 Å². The van der Waals surface area contributed by atoms with Crippen molar-refractivity contribution in [2.75, 3.05) is 6.54 Å². The number of amides is 3. The first-order valence-electron chi connectivity index (χ1n) is 9.33. The lowest BCUT2D eigenvalue weighted by Gasteiger charge is -2.26. The first kappa shape index (κ1) is 20.5. The normalized spacial score (nSPS) is 14.6. The zero-order valence-electron chi connectivity index (χ0n) is 16.6. The van der Waals surface area contributed by atoms with Gasteiger partial charge in [-0.3, -0.25) is 14.5 Å². The molecule has 1 aliphatic rings. The minimum Gasteiger partial charge on any atom is -0.444 e. The summed E-state index contributed by atoms with van der Waals surface area (Å²) in [6.45, 7) is 5.20. The van der Waals surface area contributed by atoms with E-state index in [1.54, 1.807) is 57.2 Å². The minimum atomic E-state index is -0.694. The number of nitrogens with one attached hydrogen (secondary N) is 1. The summed E-state index contributed by atoms with van der Waals surface area (Å²) in [7, 11) is 0. The Morgan fingerprint density at radius 1 is 1.03 bits per heavy atom. The van der Waals surface area contributed by atoms with Crippen molar-refractivity contribution in [2.45, 2.75) is 38.8 Å². The zero-order chi connectivity index (χ0) is 21.2. The van der Waals surface area contributed by atoms with Crippen molar-refractivity contribution in [1.29, 1.82) is 0 Å². The largest absolute Gasteiger partial charge is 0.444 e. The number of carbonyl (C=O) groups is 3. The van der Waals surface area contributed by atoms with E-state index in [1.165, 1.54) is 12.1 Å². The number of hydrogen-bond donors (Lipinski definition) is 1. The van der Waals surface area contributed by atoms with E-state index in [0.717, 1.165) is 10.5 Å². The van der Waals surface area contributed by atoms with Gasteiger partial charge >= 0.3 is 6.09 Å². The fourth-order valence-corrected chi connectivity index (χ4v) is 3.17. The standard InChI is InChI=1S/C22H23FN2O4/c1-22(2,3)29-21(28)24-16(12-14-8-10-15(23)11-9-14)13-25-19(26)17-6-4-5-7-18(17)20(25)27/h4-11,16H,12-13H2,1-3H3,(H,24,28)/t16-/m1/s1. The van der Waals surface area contributed by atoms with E-state index in [4.69, 9.17) is 4.74 Å². The van der Waals surface area contributed by atoms with Crippen LogP contribution in [-0.2, 0) is 11.2 Å². The van der Waals surface area contributed by atoms with E-state index in [9.17, 15) is 18.8 Å². The van der Waals surface area contributed by atoms with Crippen LogP contribution < -0.4 is 5.32 Å². The van der Waals surface area contributed by atoms with Crippen molar-refractivity contribution in [3.63, 3.8) is 0 Å². The smallest absolute Gasteiger partial charge is 0.407 e. The summed E-state index contributed by atoms with van der Waals surface area (Å²) in [6.07, 6.45) is -0.353. The monoisotopic (exact) mass is 398 g/mol. The Bertz CT molecular complexity index is 900. The summed E-state index contributed by atoms with van der Waals surface area (Å²) in [4.78, 5) is 38.7. The van der Waals surface area contributed by atoms with E-state index in [2.05, 4.69) is 5.32 Å². The van der Waals surface area contributed by atoms with Crippen LogP contribution >= 0.6 is 0 Å². The summed E-state index contributed by atoms with van der Waals surface area (Å²) in [6, 6.07) is 11.8. The second kappa shape index (κ2) is 8.03. The molecule has 1 aliphatic heterocycles. The van der Waals surface area contributed by atoms with Crippen LogP contribution in [0.15, 0.2) is 48.5 Å². The molecule has 0 fully saturated rings. The maximum atomic E-state index is 13.2. The van der Waals surface area contributed by atoms with Gasteiger partial charge in [-0.25, -0.2) is 9.18 Å². The van der Waals surface area contributed by atoms with Crippen LogP contribution in [0.2, 0.25) is 0 Å². The Balaban J connectivity index is 1.79. The molecule has 2 aromatic rings. The minimum absolute atomic E-state index is 0.0248. The molecule has 0 aliphatic carbocycles. The van der Waals surface area contributed by atoms with Crippen molar-refractivity contribution >= 4 is 17.9 Å². The molecule has 0 spiro atoms. The number of halogens is 1. The molecule has 6 nitrogen and oxygen atoms in total. The van der Waals surface area contributed by atoms with E-state index in [0.29, 0.717) is 17.5 Å². The van der Waals surface area contributed by atoms with Gasteiger partial charge in [0.2, 0.25) is 0 Å². The first-order chi connectivity index (χ1) is 13.6. The van der Waals surface area contributed by atoms with Gasteiger partial charge in [0.05, 0.1) is 23.7 Å². The van der Waals surface area contributed by atoms with Crippen molar-refractivity contribution in [1.82, 2.24) is 10.2 Å². The number of hydrogen-bond acceptors (Lipinski definition) is 4. The second-order valence-corrected chi connectivity index (χ2v) is 7.94. The molecule has 7 heteroatoms. The highest BCUT2D eigenvalue weighted by molar-refractivity contribution is 6.21. The molecule has 1 atom stereocenters. The van der Waals surface area contributed by atoms with Gasteiger partial charge in [0.1, 0.15) is 11.4 Å². The van der Waals surface area contributed by atoms with Gasteiger partial charge in [0.25, 0.3) is 11.8 Å². The third kappa shape index (κ3) is 4.99. The summed E-state index contributed by atoms with van der Waals surface area (Å²) < 4.78 is 18.5. The van der Waals surface area contributed by atoms with Gasteiger partial charge < -0.3 is 10.1 Å². The van der Waals surface area contributed by atoms with E-state index < -0.39 is 29.6 Å². The highest BCUT2D eigenvalue weighted by Gasteiger charge is 2.36. The quantitative estimate of drug-likeness (QED) is 0.782. The Labute approximate surface area is 168 Å². The molecule has 29 heavy (non-hydrogen) atoms. The van der Waals surface area contributed by atoms with Crippen molar-refractivity contribution < 1.29 is 23.5 Å². The van der Waals surface area contributed by atoms with Gasteiger partial charge in [-0.15, -0.1) is 0 Å². The molecule has 0 unspecified atom stereocenters. The summed E-state index contributed by atoms with van der Waals surface area (Å²) in [5.74, 6) is -1.17. The number of alkyl carbamates (subject to hydrolysis) is 1. The highest BCUT2D eigenvalue weighted by Crippen LogP contribution is 2.23. The molecule has 0 radical (unpaired) electrons. The van der Waals surface area contributed by atoms with E-state index in [1.807, 2.05) is 0 Å². The van der Waals surface area contributed by atoms with Gasteiger partial charge in [0, 0.05) is 0 Å². The van der Waals surface area contributed by atoms with Gasteiger partial charge in [-0.05, 0) is 57.0 Å². The predicted octanol–water partition coefficient (Wildman–Crippen LogP) is 3.56. The van der Waals surface area contributed by atoms with Crippen molar-refractivity contribution in [3.8, 4) is 0 Å². The molecular weight excluding hydrogens is 375 g/mol. The maximum Gasteiger partial charge on any atom is 0.407 e. The van der Waals surface area contributed by atoms with Crippen molar-refractivity contribution in [2.24, 2.45) is 0 Å². The average Bonchev–Trinajstić information content (AvgIpc) is 2.87. The fraction of sp³-hybridized carbons (Fsp3) is 0.318. The molecule has 0 bridgehead atoms. The number of ether oxygens (including phenoxy) is 1. The second-order valence-electron chi connectivity index (χ2n) is 7.94. The molecule has 0 aromatic heterocycles. The lowest BCUT2D eigenvalue weighted by molar-refractivity contribution is 0.0468. The van der Waals surface area contributed by atoms with Crippen LogP contribution in [0.4, 0.5) is 9.18 Å². The summed E-state index contributed by atoms with van der Waals surface area (Å²) in [5, 5.41) is 2.73. The van der Waals surface area contributed by atoms with Crippen LogP contribution in [0.3, 0.4) is 0 Å². The van der Waals surface area contributed by atoms with Crippen LogP contribution in [0, 0.1) is 5.82 Å². The van der Waals surface area contributed by atoms with Crippen LogP contribution in [0.5, 0.6) is 0 Å². The molecule has 2 aromatic carbocycles. The number of benzene rings is 2. The lowest BCUT2D eigenvalue weighted by atomic mass is 10.1. The fourth-order valence-electron chi connectivity index (χ4n) is 3.17. The first-order valence-corrected chi connectivity index (χ1v) is 9.33. The number of imide groups is 1. The highest BCUT2D eigenvalue weighted by atomic mass is 19.1. The van der Waals surface area contributed by atoms with E-state index in [-0.39, 0.29) is 12.4 Å². The molecule has 152 valence electrons. The molecule has 1 heterocycles. The molecular formula is C22H23FN2O4. The van der Waals surface area contributed by atoms with Crippen LogP contribution in [0.25, 0.3) is 0 Å². The molecule has 3 amide bonds. The van der Waals surface area contributed by atoms with Crippen LogP contribution in [-0.4, -0.2) is 41.0 Å². The van der Waals surface area contributed by atoms with E-state index >= 15 is 0 Å². The number of rotatable bonds is 5. The summed E-state index contributed by atoms with van der Waals surface area (Å²) in [5.41, 5.74) is 0.745.